The molecule has 2 saturated heterocycles. The van der Waals surface area contributed by atoms with Crippen LogP contribution >= 0.6 is 0 Å². The third kappa shape index (κ3) is 8.01. The van der Waals surface area contributed by atoms with Crippen molar-refractivity contribution in [2.75, 3.05) is 19.6 Å². The number of furan rings is 1. The number of alkyl halides is 6. The van der Waals surface area contributed by atoms with Gasteiger partial charge in [0.1, 0.15) is 5.76 Å². The van der Waals surface area contributed by atoms with E-state index < -0.39 is 24.3 Å². The van der Waals surface area contributed by atoms with Crippen molar-refractivity contribution in [3.8, 4) is 0 Å². The lowest BCUT2D eigenvalue weighted by Crippen LogP contribution is -2.37. The van der Waals surface area contributed by atoms with Crippen LogP contribution in [0.3, 0.4) is 0 Å². The highest BCUT2D eigenvalue weighted by Gasteiger charge is 2.43. The molecule has 4 rings (SSSR count). The van der Waals surface area contributed by atoms with Crippen LogP contribution in [0.2, 0.25) is 0 Å². The van der Waals surface area contributed by atoms with Crippen molar-refractivity contribution < 1.29 is 50.6 Å². The summed E-state index contributed by atoms with van der Waals surface area (Å²) in [5, 5.41) is 14.2. The largest absolute Gasteiger partial charge is 0.490 e. The van der Waals surface area contributed by atoms with Crippen LogP contribution < -0.4 is 0 Å². The molecule has 7 nitrogen and oxygen atoms in total. The van der Waals surface area contributed by atoms with Crippen molar-refractivity contribution in [3.05, 3.63) is 24.2 Å². The maximum atomic E-state index is 10.6. The van der Waals surface area contributed by atoms with E-state index in [0.29, 0.717) is 0 Å². The molecule has 0 amide bonds. The summed E-state index contributed by atoms with van der Waals surface area (Å²) < 4.78 is 69.0. The molecule has 2 aliphatic heterocycles. The van der Waals surface area contributed by atoms with Crippen LogP contribution in [0.25, 0.3) is 0 Å². The lowest BCUT2D eigenvalue weighted by Gasteiger charge is -2.25. The van der Waals surface area contributed by atoms with Crippen LogP contribution in [-0.4, -0.2) is 76.0 Å². The van der Waals surface area contributed by atoms with E-state index in [1.807, 2.05) is 6.07 Å². The quantitative estimate of drug-likeness (QED) is 0.644. The summed E-state index contributed by atoms with van der Waals surface area (Å²) in [7, 11) is 0. The number of carboxylic acids is 2. The highest BCUT2D eigenvalue weighted by Crippen LogP contribution is 2.37. The minimum atomic E-state index is -5.08. The lowest BCUT2D eigenvalue weighted by molar-refractivity contribution is -0.193. The number of hydrogen-bond donors (Lipinski definition) is 2. The summed E-state index contributed by atoms with van der Waals surface area (Å²) in [6, 6.07) is 5.72. The number of likely N-dealkylation sites (tertiary alicyclic amines) is 2. The molecule has 1 saturated carbocycles. The van der Waals surface area contributed by atoms with Gasteiger partial charge < -0.3 is 14.6 Å². The number of halogens is 6. The molecule has 0 spiro atoms. The van der Waals surface area contributed by atoms with Gasteiger partial charge in [0.15, 0.2) is 0 Å². The van der Waals surface area contributed by atoms with E-state index in [2.05, 4.69) is 15.9 Å². The first kappa shape index (κ1) is 26.0. The molecule has 182 valence electrons. The summed E-state index contributed by atoms with van der Waals surface area (Å²) in [6.07, 6.45) is -2.71. The zero-order chi connectivity index (χ0) is 24.1. The van der Waals surface area contributed by atoms with Crippen LogP contribution in [0.15, 0.2) is 22.8 Å². The molecular formula is C19H24F6N2O5. The Labute approximate surface area is 179 Å². The molecule has 2 N–H and O–H groups in total. The second-order valence-electron chi connectivity index (χ2n) is 7.81. The number of aliphatic carboxylic acids is 2. The molecule has 1 aromatic heterocycles. The van der Waals surface area contributed by atoms with Gasteiger partial charge in [-0.15, -0.1) is 0 Å². The van der Waals surface area contributed by atoms with Crippen molar-refractivity contribution in [2.24, 2.45) is 5.92 Å². The van der Waals surface area contributed by atoms with Crippen molar-refractivity contribution >= 4 is 11.9 Å². The monoisotopic (exact) mass is 474 g/mol. The van der Waals surface area contributed by atoms with Crippen molar-refractivity contribution in [1.29, 1.82) is 0 Å². The van der Waals surface area contributed by atoms with Crippen molar-refractivity contribution in [3.63, 3.8) is 0 Å². The van der Waals surface area contributed by atoms with Gasteiger partial charge >= 0.3 is 24.3 Å². The molecule has 0 bridgehead atoms. The molecule has 32 heavy (non-hydrogen) atoms. The van der Waals surface area contributed by atoms with E-state index in [4.69, 9.17) is 24.2 Å². The van der Waals surface area contributed by atoms with Crippen LogP contribution in [-0.2, 0) is 16.1 Å². The Kier molecular flexibility index (Phi) is 8.57. The van der Waals surface area contributed by atoms with E-state index in [9.17, 15) is 26.3 Å². The molecule has 0 unspecified atom stereocenters. The molecule has 3 heterocycles. The summed E-state index contributed by atoms with van der Waals surface area (Å²) >= 11 is 0. The number of carboxylic acid groups (broad SMARTS) is 2. The fourth-order valence-electron chi connectivity index (χ4n) is 3.82. The Bertz CT molecular complexity index is 724. The Balaban J connectivity index is 0.000000218. The Morgan fingerprint density at radius 2 is 1.38 bits per heavy atom. The molecule has 2 atom stereocenters. The number of carbonyl (C=O) groups is 2. The highest BCUT2D eigenvalue weighted by molar-refractivity contribution is 5.73. The number of nitrogens with zero attached hydrogens (tertiary/aromatic N) is 2. The minimum absolute atomic E-state index is 0.786. The molecule has 0 aromatic carbocycles. The molecule has 1 aliphatic carbocycles. The number of fused-ring (bicyclic) bond motifs is 1. The third-order valence-electron chi connectivity index (χ3n) is 5.42. The Morgan fingerprint density at radius 1 is 0.906 bits per heavy atom. The fraction of sp³-hybridized carbons (Fsp3) is 0.684. The van der Waals surface area contributed by atoms with Crippen molar-refractivity contribution in [2.45, 2.75) is 56.7 Å². The van der Waals surface area contributed by atoms with Gasteiger partial charge in [-0.25, -0.2) is 9.59 Å². The maximum Gasteiger partial charge on any atom is 0.490 e. The van der Waals surface area contributed by atoms with E-state index >= 15 is 0 Å². The molecule has 3 fully saturated rings. The first-order valence-electron chi connectivity index (χ1n) is 9.89. The summed E-state index contributed by atoms with van der Waals surface area (Å²) in [5.41, 5.74) is 0. The first-order valence-corrected chi connectivity index (χ1v) is 9.89. The van der Waals surface area contributed by atoms with Gasteiger partial charge in [-0.05, 0) is 43.7 Å². The summed E-state index contributed by atoms with van der Waals surface area (Å²) in [5.74, 6) is -3.36. The average molecular weight is 474 g/mol. The van der Waals surface area contributed by atoms with Gasteiger partial charge in [0.25, 0.3) is 0 Å². The van der Waals surface area contributed by atoms with E-state index in [1.54, 1.807) is 6.26 Å². The fourth-order valence-corrected chi connectivity index (χ4v) is 3.82. The SMILES string of the molecule is O=C(O)C(F)(F)F.O=C(O)C(F)(F)F.c1coc(CN2CC[C@H]3[C@H]2CCN3CC2CC2)c1. The topological polar surface area (TPSA) is 94.2 Å². The average Bonchev–Trinajstić information content (AvgIpc) is 3.05. The number of rotatable bonds is 4. The molecule has 1 aromatic rings. The normalized spacial score (nSPS) is 23.6. The minimum Gasteiger partial charge on any atom is -0.475 e. The first-order chi connectivity index (χ1) is 14.8. The predicted octanol–water partition coefficient (Wildman–Crippen LogP) is 3.60. The smallest absolute Gasteiger partial charge is 0.475 e. The van der Waals surface area contributed by atoms with Crippen LogP contribution in [0, 0.1) is 5.92 Å². The second-order valence-corrected chi connectivity index (χ2v) is 7.81. The van der Waals surface area contributed by atoms with E-state index in [-0.39, 0.29) is 0 Å². The van der Waals surface area contributed by atoms with Gasteiger partial charge in [-0.1, -0.05) is 0 Å². The predicted molar refractivity (Wildman–Crippen MR) is 97.6 cm³/mol. The zero-order valence-corrected chi connectivity index (χ0v) is 16.9. The van der Waals surface area contributed by atoms with Gasteiger partial charge in [-0.2, -0.15) is 26.3 Å². The maximum absolute atomic E-state index is 10.6. The van der Waals surface area contributed by atoms with Crippen molar-refractivity contribution in [1.82, 2.24) is 9.80 Å². The van der Waals surface area contributed by atoms with E-state index in [1.165, 1.54) is 45.3 Å². The van der Waals surface area contributed by atoms with Gasteiger partial charge in [0, 0.05) is 31.7 Å². The van der Waals surface area contributed by atoms with Crippen LogP contribution in [0.1, 0.15) is 31.4 Å². The second kappa shape index (κ2) is 10.6. The zero-order valence-electron chi connectivity index (χ0n) is 16.9. The third-order valence-corrected chi connectivity index (χ3v) is 5.42. The Morgan fingerprint density at radius 3 is 1.78 bits per heavy atom. The molecule has 13 heteroatoms. The van der Waals surface area contributed by atoms with Gasteiger partial charge in [0.2, 0.25) is 0 Å². The molecular weight excluding hydrogens is 450 g/mol. The molecule has 0 radical (unpaired) electrons. The number of hydrogen-bond acceptors (Lipinski definition) is 5. The molecule has 3 aliphatic rings. The standard InChI is InChI=1S/C15H22N2O.2C2HF3O2/c1-2-13(18-9-1)11-17-8-6-14-15(17)5-7-16(14)10-12-3-4-12;2*3-2(4,5)1(6)7/h1-2,9,12,14-15H,3-8,10-11H2;2*(H,6,7)/t14-,15+;;/m0../s1. The van der Waals surface area contributed by atoms with E-state index in [0.717, 1.165) is 30.3 Å². The Hall–Kier alpha value is -2.28. The summed E-state index contributed by atoms with van der Waals surface area (Å²) in [4.78, 5) is 23.2. The van der Waals surface area contributed by atoms with Crippen LogP contribution in [0.4, 0.5) is 26.3 Å². The lowest BCUT2D eigenvalue weighted by atomic mass is 10.1. The van der Waals surface area contributed by atoms with Gasteiger partial charge in [-0.3, -0.25) is 9.80 Å². The summed E-state index contributed by atoms with van der Waals surface area (Å²) in [6.45, 7) is 4.94. The highest BCUT2D eigenvalue weighted by atomic mass is 19.4. The van der Waals surface area contributed by atoms with Crippen LogP contribution in [0.5, 0.6) is 0 Å². The van der Waals surface area contributed by atoms with Gasteiger partial charge in [0.05, 0.1) is 12.8 Å².